The van der Waals surface area contributed by atoms with Gasteiger partial charge in [0, 0.05) is 11.5 Å². The third-order valence-electron chi connectivity index (χ3n) is 7.11. The molecule has 0 bridgehead atoms. The van der Waals surface area contributed by atoms with Crippen molar-refractivity contribution in [2.45, 2.75) is 28.5 Å². The summed E-state index contributed by atoms with van der Waals surface area (Å²) in [5.41, 5.74) is 0.909. The number of nitrogens with zero attached hydrogens (tertiary/aromatic N) is 1. The summed E-state index contributed by atoms with van der Waals surface area (Å²) in [6.07, 6.45) is 2.05. The number of amides is 4. The van der Waals surface area contributed by atoms with E-state index in [-0.39, 0.29) is 23.5 Å². The second-order valence-corrected chi connectivity index (χ2v) is 10.1. The zero-order valence-electron chi connectivity index (χ0n) is 16.0. The molecule has 3 fully saturated rings. The van der Waals surface area contributed by atoms with Crippen LogP contribution in [0.3, 0.4) is 0 Å². The zero-order chi connectivity index (χ0) is 22.3. The average Bonchev–Trinajstić information content (AvgIpc) is 3.10. The molecule has 5 rings (SSSR count). The monoisotopic (exact) mass is 526 g/mol. The SMILES string of the molecule is O=C1NC(=O)C2C1CC=C1C2CC2(Cl)C(=O)N(CBr)C(=O)C2(Cl)C1c1ccccc1O. The van der Waals surface area contributed by atoms with Crippen LogP contribution in [0.1, 0.15) is 24.3 Å². The third kappa shape index (κ3) is 2.47. The largest absolute Gasteiger partial charge is 0.508 e. The summed E-state index contributed by atoms with van der Waals surface area (Å²) in [7, 11) is 0. The van der Waals surface area contributed by atoms with Gasteiger partial charge < -0.3 is 5.11 Å². The normalized spacial score (nSPS) is 39.1. The summed E-state index contributed by atoms with van der Waals surface area (Å²) in [5.74, 6) is -4.98. The van der Waals surface area contributed by atoms with E-state index in [1.165, 1.54) is 6.07 Å². The maximum absolute atomic E-state index is 13.4. The van der Waals surface area contributed by atoms with Gasteiger partial charge in [-0.2, -0.15) is 0 Å². The Hall–Kier alpha value is -1.90. The van der Waals surface area contributed by atoms with Gasteiger partial charge in [-0.3, -0.25) is 29.4 Å². The number of aromatic hydroxyl groups is 1. The molecule has 6 unspecified atom stereocenters. The molecule has 162 valence electrons. The molecular formula is C21H17BrCl2N2O5. The van der Waals surface area contributed by atoms with Gasteiger partial charge in [0.15, 0.2) is 9.75 Å². The van der Waals surface area contributed by atoms with Gasteiger partial charge in [0.1, 0.15) is 5.75 Å². The molecule has 1 saturated carbocycles. The van der Waals surface area contributed by atoms with E-state index in [4.69, 9.17) is 23.2 Å². The molecule has 7 nitrogen and oxygen atoms in total. The number of hydrogen-bond acceptors (Lipinski definition) is 5. The molecule has 2 aliphatic carbocycles. The summed E-state index contributed by atoms with van der Waals surface area (Å²) in [5, 5.41) is 13.0. The Labute approximate surface area is 195 Å². The predicted octanol–water partition coefficient (Wildman–Crippen LogP) is 2.39. The lowest BCUT2D eigenvalue weighted by atomic mass is 9.56. The van der Waals surface area contributed by atoms with Crippen LogP contribution < -0.4 is 5.32 Å². The van der Waals surface area contributed by atoms with E-state index in [9.17, 15) is 24.3 Å². The number of phenolic OH excluding ortho intramolecular Hbond substituents is 1. The van der Waals surface area contributed by atoms with Crippen LogP contribution >= 0.6 is 39.1 Å². The number of carbonyl (C=O) groups excluding carboxylic acids is 4. The number of rotatable bonds is 2. The highest BCUT2D eigenvalue weighted by Crippen LogP contribution is 2.65. The Balaban J connectivity index is 1.77. The van der Waals surface area contributed by atoms with Crippen LogP contribution in [0.5, 0.6) is 5.75 Å². The number of imide groups is 2. The molecule has 31 heavy (non-hydrogen) atoms. The summed E-state index contributed by atoms with van der Waals surface area (Å²) in [4.78, 5) is 48.9. The van der Waals surface area contributed by atoms with Crippen molar-refractivity contribution in [3.63, 3.8) is 0 Å². The van der Waals surface area contributed by atoms with Gasteiger partial charge in [0.05, 0.1) is 17.3 Å². The van der Waals surface area contributed by atoms with Crippen molar-refractivity contribution in [2.24, 2.45) is 17.8 Å². The summed E-state index contributed by atoms with van der Waals surface area (Å²) in [6.45, 7) is 0. The van der Waals surface area contributed by atoms with Crippen LogP contribution in [0.25, 0.3) is 0 Å². The van der Waals surface area contributed by atoms with Crippen molar-refractivity contribution >= 4 is 62.8 Å². The van der Waals surface area contributed by atoms with Gasteiger partial charge in [-0.05, 0) is 24.8 Å². The van der Waals surface area contributed by atoms with Crippen molar-refractivity contribution in [1.82, 2.24) is 10.2 Å². The second-order valence-electron chi connectivity index (χ2n) is 8.40. The van der Waals surface area contributed by atoms with E-state index < -0.39 is 51.1 Å². The second kappa shape index (κ2) is 6.80. The van der Waals surface area contributed by atoms with E-state index in [0.29, 0.717) is 17.6 Å². The van der Waals surface area contributed by atoms with Crippen molar-refractivity contribution in [1.29, 1.82) is 0 Å². The highest BCUT2D eigenvalue weighted by Gasteiger charge is 2.76. The number of halogens is 3. The van der Waals surface area contributed by atoms with E-state index in [1.54, 1.807) is 18.2 Å². The highest BCUT2D eigenvalue weighted by atomic mass is 79.9. The highest BCUT2D eigenvalue weighted by molar-refractivity contribution is 9.09. The number of alkyl halides is 3. The minimum absolute atomic E-state index is 0.0656. The standard InChI is InChI=1S/C21H17BrCl2N2O5/c22-8-26-18(30)20(23)7-12-9(5-6-11-14(12)17(29)25-16(11)28)15(21(20,24)19(26)31)10-3-1-2-4-13(10)27/h1-5,11-12,14-15,27H,6-8H2,(H,25,28,29). The van der Waals surface area contributed by atoms with E-state index in [0.717, 1.165) is 4.90 Å². The first kappa shape index (κ1) is 21.0. The molecule has 4 aliphatic rings. The number of allylic oxidation sites excluding steroid dienone is 2. The van der Waals surface area contributed by atoms with Crippen LogP contribution in [0.4, 0.5) is 0 Å². The molecule has 4 amide bonds. The van der Waals surface area contributed by atoms with Gasteiger partial charge in [-0.25, -0.2) is 0 Å². The summed E-state index contributed by atoms with van der Waals surface area (Å²) < 4.78 is 0. The number of carbonyl (C=O) groups is 4. The smallest absolute Gasteiger partial charge is 0.254 e. The molecular weight excluding hydrogens is 511 g/mol. The summed E-state index contributed by atoms with van der Waals surface area (Å²) in [6, 6.07) is 6.42. The van der Waals surface area contributed by atoms with Crippen LogP contribution in [-0.2, 0) is 19.2 Å². The molecule has 2 aliphatic heterocycles. The lowest BCUT2D eigenvalue weighted by Gasteiger charge is -2.50. The number of likely N-dealkylation sites (tertiary alicyclic amines) is 1. The van der Waals surface area contributed by atoms with Crippen molar-refractivity contribution < 1.29 is 24.3 Å². The molecule has 0 radical (unpaired) electrons. The fourth-order valence-electron chi connectivity index (χ4n) is 5.74. The Morgan fingerprint density at radius 2 is 1.81 bits per heavy atom. The average molecular weight is 528 g/mol. The number of para-hydroxylation sites is 1. The van der Waals surface area contributed by atoms with Crippen LogP contribution in [-0.4, -0.2) is 48.8 Å². The molecule has 2 heterocycles. The first-order valence-electron chi connectivity index (χ1n) is 9.79. The molecule has 1 aromatic rings. The van der Waals surface area contributed by atoms with Crippen LogP contribution in [0.15, 0.2) is 35.9 Å². The molecule has 0 aromatic heterocycles. The number of benzene rings is 1. The molecule has 1 aromatic carbocycles. The number of fused-ring (bicyclic) bond motifs is 4. The Kier molecular flexibility index (Phi) is 4.60. The summed E-state index contributed by atoms with van der Waals surface area (Å²) >= 11 is 17.1. The minimum Gasteiger partial charge on any atom is -0.508 e. The molecule has 6 atom stereocenters. The van der Waals surface area contributed by atoms with Gasteiger partial charge in [0.2, 0.25) is 11.8 Å². The van der Waals surface area contributed by atoms with Gasteiger partial charge >= 0.3 is 0 Å². The fraction of sp³-hybridized carbons (Fsp3) is 0.429. The number of phenols is 1. The zero-order valence-corrected chi connectivity index (χ0v) is 19.1. The Morgan fingerprint density at radius 1 is 1.10 bits per heavy atom. The topological polar surface area (TPSA) is 104 Å². The minimum atomic E-state index is -1.90. The van der Waals surface area contributed by atoms with Crippen LogP contribution in [0, 0.1) is 17.8 Å². The van der Waals surface area contributed by atoms with E-state index >= 15 is 0 Å². The van der Waals surface area contributed by atoms with E-state index in [1.807, 2.05) is 6.08 Å². The fourth-order valence-corrected chi connectivity index (χ4v) is 7.16. The van der Waals surface area contributed by atoms with Crippen molar-refractivity contribution in [2.75, 3.05) is 5.45 Å². The van der Waals surface area contributed by atoms with Crippen molar-refractivity contribution in [3.05, 3.63) is 41.5 Å². The third-order valence-corrected chi connectivity index (χ3v) is 9.02. The van der Waals surface area contributed by atoms with Crippen molar-refractivity contribution in [3.8, 4) is 5.75 Å². The quantitative estimate of drug-likeness (QED) is 0.266. The van der Waals surface area contributed by atoms with Crippen LogP contribution in [0.2, 0.25) is 0 Å². The Morgan fingerprint density at radius 3 is 2.48 bits per heavy atom. The van der Waals surface area contributed by atoms with E-state index in [2.05, 4.69) is 21.2 Å². The number of nitrogens with one attached hydrogen (secondary N) is 1. The first-order valence-corrected chi connectivity index (χ1v) is 11.7. The Bertz CT molecular complexity index is 1090. The first-order chi connectivity index (χ1) is 14.7. The van der Waals surface area contributed by atoms with Gasteiger partial charge in [0.25, 0.3) is 11.8 Å². The molecule has 0 spiro atoms. The molecule has 10 heteroatoms. The van der Waals surface area contributed by atoms with Gasteiger partial charge in [-0.1, -0.05) is 45.8 Å². The van der Waals surface area contributed by atoms with Gasteiger partial charge in [-0.15, -0.1) is 23.2 Å². The lowest BCUT2D eigenvalue weighted by Crippen LogP contribution is -2.60. The predicted molar refractivity (Wildman–Crippen MR) is 115 cm³/mol. The maximum Gasteiger partial charge on any atom is 0.254 e. The molecule has 2 N–H and O–H groups in total. The lowest BCUT2D eigenvalue weighted by molar-refractivity contribution is -0.138. The maximum atomic E-state index is 13.4. The molecule has 2 saturated heterocycles. The number of hydrogen-bond donors (Lipinski definition) is 2.